The Kier molecular flexibility index (Phi) is 7.03. The van der Waals surface area contributed by atoms with Crippen LogP contribution in [0.25, 0.3) is 22.3 Å². The van der Waals surface area contributed by atoms with Crippen LogP contribution >= 0.6 is 15.9 Å². The van der Waals surface area contributed by atoms with Crippen molar-refractivity contribution in [2.45, 2.75) is 64.2 Å². The van der Waals surface area contributed by atoms with E-state index in [-0.39, 0.29) is 0 Å². The average Bonchev–Trinajstić information content (AvgIpc) is 2.71. The second kappa shape index (κ2) is 9.19. The quantitative estimate of drug-likeness (QED) is 0.320. The molecular weight excluding hydrogens is 452 g/mol. The minimum absolute atomic E-state index is 0.675. The molecule has 0 atom stereocenters. The van der Waals surface area contributed by atoms with Crippen molar-refractivity contribution < 1.29 is 4.74 Å². The summed E-state index contributed by atoms with van der Waals surface area (Å²) in [5.41, 5.74) is 5.23. The fourth-order valence-corrected chi connectivity index (χ4v) is 11.8. The SMILES string of the molecule is COc1ccc(-c2nc(C[Si](C(C)C)(C(C)C)C(C)C)c3c(Br)cccc3n2)cc1. The van der Waals surface area contributed by atoms with Gasteiger partial charge in [-0.2, -0.15) is 0 Å². The van der Waals surface area contributed by atoms with Crippen molar-refractivity contribution in [2.75, 3.05) is 7.11 Å². The number of halogens is 1. The Bertz CT molecular complexity index is 994. The number of methoxy groups -OCH3 is 1. The van der Waals surface area contributed by atoms with Crippen LogP contribution in [0.1, 0.15) is 47.2 Å². The number of nitrogens with zero attached hydrogens (tertiary/aromatic N) is 2. The lowest BCUT2D eigenvalue weighted by molar-refractivity contribution is 0.415. The van der Waals surface area contributed by atoms with Crippen LogP contribution in [0, 0.1) is 0 Å². The Hall–Kier alpha value is -1.72. The minimum Gasteiger partial charge on any atom is -0.497 e. The van der Waals surface area contributed by atoms with Crippen molar-refractivity contribution in [3.8, 4) is 17.1 Å². The first-order valence-corrected chi connectivity index (χ1v) is 14.0. The molecule has 30 heavy (non-hydrogen) atoms. The van der Waals surface area contributed by atoms with E-state index in [0.717, 1.165) is 38.6 Å². The number of hydrogen-bond acceptors (Lipinski definition) is 3. The normalized spacial score (nSPS) is 12.4. The second-order valence-corrected chi connectivity index (χ2v) is 16.0. The van der Waals surface area contributed by atoms with Gasteiger partial charge in [0, 0.05) is 15.4 Å². The van der Waals surface area contributed by atoms with Gasteiger partial charge in [-0.1, -0.05) is 80.2 Å². The molecule has 5 heteroatoms. The number of aromatic nitrogens is 2. The molecule has 0 saturated carbocycles. The summed E-state index contributed by atoms with van der Waals surface area (Å²) in [6.45, 7) is 14.5. The lowest BCUT2D eigenvalue weighted by Crippen LogP contribution is -2.47. The van der Waals surface area contributed by atoms with E-state index in [0.29, 0.717) is 16.6 Å². The van der Waals surface area contributed by atoms with Gasteiger partial charge in [-0.05, 0) is 42.4 Å². The van der Waals surface area contributed by atoms with Crippen molar-refractivity contribution in [1.82, 2.24) is 9.97 Å². The van der Waals surface area contributed by atoms with Crippen LogP contribution in [-0.2, 0) is 6.04 Å². The zero-order valence-electron chi connectivity index (χ0n) is 19.2. The van der Waals surface area contributed by atoms with Crippen LogP contribution in [0.3, 0.4) is 0 Å². The van der Waals surface area contributed by atoms with Crippen LogP contribution in [0.5, 0.6) is 5.75 Å². The molecule has 0 aliphatic rings. The van der Waals surface area contributed by atoms with E-state index in [4.69, 9.17) is 14.7 Å². The van der Waals surface area contributed by atoms with Gasteiger partial charge < -0.3 is 4.74 Å². The summed E-state index contributed by atoms with van der Waals surface area (Å²) in [4.78, 5) is 10.1. The first kappa shape index (κ1) is 23.0. The van der Waals surface area contributed by atoms with Crippen molar-refractivity contribution in [3.63, 3.8) is 0 Å². The predicted octanol–water partition coefficient (Wildman–Crippen LogP) is 7.83. The summed E-state index contributed by atoms with van der Waals surface area (Å²) in [5, 5.41) is 1.16. The summed E-state index contributed by atoms with van der Waals surface area (Å²) >= 11 is 3.78. The van der Waals surface area contributed by atoms with Gasteiger partial charge >= 0.3 is 0 Å². The lowest BCUT2D eigenvalue weighted by Gasteiger charge is -2.43. The maximum absolute atomic E-state index is 5.32. The molecule has 1 aromatic heterocycles. The smallest absolute Gasteiger partial charge is 0.160 e. The first-order chi connectivity index (χ1) is 14.2. The molecule has 160 valence electrons. The van der Waals surface area contributed by atoms with E-state index < -0.39 is 8.07 Å². The van der Waals surface area contributed by atoms with Gasteiger partial charge in [-0.15, -0.1) is 0 Å². The van der Waals surface area contributed by atoms with Crippen LogP contribution in [0.2, 0.25) is 16.6 Å². The fraction of sp³-hybridized carbons (Fsp3) is 0.440. The Morgan fingerprint density at radius 3 is 2.00 bits per heavy atom. The third-order valence-corrected chi connectivity index (χ3v) is 14.9. The van der Waals surface area contributed by atoms with Gasteiger partial charge in [-0.3, -0.25) is 0 Å². The van der Waals surface area contributed by atoms with Crippen LogP contribution in [0.4, 0.5) is 0 Å². The molecule has 3 rings (SSSR count). The third kappa shape index (κ3) is 4.19. The molecule has 0 bridgehead atoms. The zero-order valence-corrected chi connectivity index (χ0v) is 21.7. The molecule has 0 fully saturated rings. The van der Waals surface area contributed by atoms with E-state index >= 15 is 0 Å². The van der Waals surface area contributed by atoms with Gasteiger partial charge in [0.05, 0.1) is 26.4 Å². The number of ether oxygens (including phenoxy) is 1. The van der Waals surface area contributed by atoms with Gasteiger partial charge in [0.15, 0.2) is 5.82 Å². The number of hydrogen-bond donors (Lipinski definition) is 0. The van der Waals surface area contributed by atoms with Crippen LogP contribution in [0.15, 0.2) is 46.9 Å². The summed E-state index contributed by atoms with van der Waals surface area (Å²) in [7, 11) is 0.00735. The molecule has 3 nitrogen and oxygen atoms in total. The maximum Gasteiger partial charge on any atom is 0.160 e. The summed E-state index contributed by atoms with van der Waals surface area (Å²) in [5.74, 6) is 1.63. The molecule has 0 amide bonds. The van der Waals surface area contributed by atoms with Gasteiger partial charge in [0.25, 0.3) is 0 Å². The van der Waals surface area contributed by atoms with E-state index in [1.807, 2.05) is 24.3 Å². The maximum atomic E-state index is 5.32. The van der Waals surface area contributed by atoms with Gasteiger partial charge in [-0.25, -0.2) is 9.97 Å². The summed E-state index contributed by atoms with van der Waals surface area (Å²) < 4.78 is 6.40. The standard InChI is InChI=1S/C25H33BrN2OSi/c1-16(2)30(17(3)4,18(5)6)15-23-24-21(26)9-8-10-22(24)27-25(28-23)19-11-13-20(29-7)14-12-19/h8-14,16-18H,15H2,1-7H3. The molecular formula is C25H33BrN2OSi. The molecule has 0 spiro atoms. The highest BCUT2D eigenvalue weighted by Crippen LogP contribution is 2.44. The molecule has 0 aliphatic heterocycles. The fourth-order valence-electron chi connectivity index (χ4n) is 5.11. The van der Waals surface area contributed by atoms with E-state index in [9.17, 15) is 0 Å². The Morgan fingerprint density at radius 2 is 1.47 bits per heavy atom. The topological polar surface area (TPSA) is 35.0 Å². The number of fused-ring (bicyclic) bond motifs is 1. The predicted molar refractivity (Wildman–Crippen MR) is 134 cm³/mol. The molecule has 2 aromatic carbocycles. The van der Waals surface area contributed by atoms with Crippen molar-refractivity contribution in [3.05, 3.63) is 52.6 Å². The third-order valence-electron chi connectivity index (χ3n) is 6.79. The second-order valence-electron chi connectivity index (χ2n) is 9.11. The number of rotatable bonds is 7. The van der Waals surface area contributed by atoms with Gasteiger partial charge in [0.2, 0.25) is 0 Å². The molecule has 0 unspecified atom stereocenters. The lowest BCUT2D eigenvalue weighted by atomic mass is 10.1. The summed E-state index contributed by atoms with van der Waals surface area (Å²) in [6, 6.07) is 15.3. The van der Waals surface area contributed by atoms with E-state index in [1.165, 1.54) is 5.69 Å². The first-order valence-electron chi connectivity index (χ1n) is 10.8. The molecule has 0 N–H and O–H groups in total. The summed E-state index contributed by atoms with van der Waals surface area (Å²) in [6.07, 6.45) is 0. The van der Waals surface area contributed by atoms with Crippen LogP contribution < -0.4 is 4.74 Å². The highest BCUT2D eigenvalue weighted by Gasteiger charge is 2.43. The Morgan fingerprint density at radius 1 is 0.867 bits per heavy atom. The van der Waals surface area contributed by atoms with Crippen molar-refractivity contribution in [1.29, 1.82) is 0 Å². The minimum atomic E-state index is -1.68. The molecule has 0 radical (unpaired) electrons. The van der Waals surface area contributed by atoms with Crippen LogP contribution in [-0.4, -0.2) is 25.2 Å². The number of benzene rings is 2. The zero-order chi connectivity index (χ0) is 22.1. The monoisotopic (exact) mass is 484 g/mol. The average molecular weight is 486 g/mol. The molecule has 0 saturated heterocycles. The highest BCUT2D eigenvalue weighted by atomic mass is 79.9. The van der Waals surface area contributed by atoms with E-state index in [2.05, 4.69) is 75.7 Å². The van der Waals surface area contributed by atoms with Crippen molar-refractivity contribution >= 4 is 34.9 Å². The highest BCUT2D eigenvalue weighted by molar-refractivity contribution is 9.10. The molecule has 3 aromatic rings. The molecule has 1 heterocycles. The Labute approximate surface area is 190 Å². The van der Waals surface area contributed by atoms with Crippen molar-refractivity contribution in [2.24, 2.45) is 0 Å². The molecule has 0 aliphatic carbocycles. The largest absolute Gasteiger partial charge is 0.497 e. The van der Waals surface area contributed by atoms with E-state index in [1.54, 1.807) is 7.11 Å². The van der Waals surface area contributed by atoms with Gasteiger partial charge in [0.1, 0.15) is 5.75 Å². The Balaban J connectivity index is 2.23.